The van der Waals surface area contributed by atoms with Crippen molar-refractivity contribution in [3.8, 4) is 11.1 Å². The second-order valence-electron chi connectivity index (χ2n) is 10.8. The predicted octanol–water partition coefficient (Wildman–Crippen LogP) is 4.74. The van der Waals surface area contributed by atoms with Crippen LogP contribution in [0.15, 0.2) is 91.6 Å². The average molecular weight is 576 g/mol. The molecule has 5 aromatic rings. The molecule has 2 heterocycles. The fourth-order valence-electron chi connectivity index (χ4n) is 5.34. The minimum atomic E-state index is -1.20. The number of hydrogen-bond donors (Lipinski definition) is 3. The molecule has 218 valence electrons. The number of nitrogens with one attached hydrogen (secondary N) is 2. The molecule has 0 fully saturated rings. The van der Waals surface area contributed by atoms with E-state index in [-0.39, 0.29) is 18.7 Å². The number of H-pyrrole nitrogens is 1. The van der Waals surface area contributed by atoms with Crippen LogP contribution >= 0.6 is 0 Å². The summed E-state index contributed by atoms with van der Waals surface area (Å²) in [6.07, 6.45) is 6.93. The zero-order valence-corrected chi connectivity index (χ0v) is 24.2. The Bertz CT molecular complexity index is 1740. The lowest BCUT2D eigenvalue weighted by atomic mass is 9.99. The summed E-state index contributed by atoms with van der Waals surface area (Å²) in [6, 6.07) is 18.6. The van der Waals surface area contributed by atoms with Crippen LogP contribution in [0.25, 0.3) is 22.0 Å². The molecule has 43 heavy (non-hydrogen) atoms. The molecular formula is C34H33N5O4. The Hall–Kier alpha value is -5.31. The largest absolute Gasteiger partial charge is 0.480 e. The number of carboxylic acids is 1. The zero-order chi connectivity index (χ0) is 30.5. The van der Waals surface area contributed by atoms with Gasteiger partial charge >= 0.3 is 5.97 Å². The first-order chi connectivity index (χ1) is 20.7. The first kappa shape index (κ1) is 29.2. The third kappa shape index (κ3) is 6.78. The van der Waals surface area contributed by atoms with Crippen LogP contribution < -0.4 is 5.32 Å². The number of aryl methyl sites for hydroxylation is 2. The zero-order valence-electron chi connectivity index (χ0n) is 24.2. The minimum Gasteiger partial charge on any atom is -0.480 e. The SMILES string of the molecule is Cc1cc(C)cc(C(=O)N(C)[C@H](Cc2ccc(-c3cncnc3)cc2)C(=O)N[C@@H](Cc2c[nH]c3ccccc23)C(=O)O)c1. The van der Waals surface area contributed by atoms with E-state index in [1.165, 1.54) is 11.2 Å². The van der Waals surface area contributed by atoms with E-state index in [1.807, 2.05) is 68.4 Å². The Balaban J connectivity index is 1.42. The van der Waals surface area contributed by atoms with Gasteiger partial charge in [-0.15, -0.1) is 0 Å². The highest BCUT2D eigenvalue weighted by atomic mass is 16.4. The summed E-state index contributed by atoms with van der Waals surface area (Å²) in [5, 5.41) is 13.7. The van der Waals surface area contributed by atoms with Crippen LogP contribution in [0.5, 0.6) is 0 Å². The van der Waals surface area contributed by atoms with Gasteiger partial charge in [0.05, 0.1) is 0 Å². The number of amides is 2. The number of fused-ring (bicyclic) bond motifs is 1. The van der Waals surface area contributed by atoms with E-state index in [0.29, 0.717) is 5.56 Å². The van der Waals surface area contributed by atoms with Gasteiger partial charge in [0.2, 0.25) is 5.91 Å². The molecule has 0 aliphatic carbocycles. The third-order valence-corrected chi connectivity index (χ3v) is 7.55. The molecule has 0 saturated carbocycles. The quantitative estimate of drug-likeness (QED) is 0.221. The lowest BCUT2D eigenvalue weighted by Gasteiger charge is -2.29. The monoisotopic (exact) mass is 575 g/mol. The lowest BCUT2D eigenvalue weighted by molar-refractivity contribution is -0.142. The van der Waals surface area contributed by atoms with Crippen LogP contribution in [0.1, 0.15) is 32.6 Å². The van der Waals surface area contributed by atoms with Gasteiger partial charge < -0.3 is 20.3 Å². The van der Waals surface area contributed by atoms with E-state index in [0.717, 1.165) is 44.3 Å². The number of carbonyl (C=O) groups excluding carboxylic acids is 2. The maximum absolute atomic E-state index is 13.9. The van der Waals surface area contributed by atoms with Gasteiger partial charge in [-0.3, -0.25) is 9.59 Å². The highest BCUT2D eigenvalue weighted by molar-refractivity contribution is 5.98. The van der Waals surface area contributed by atoms with Crippen molar-refractivity contribution in [3.05, 3.63) is 119 Å². The summed E-state index contributed by atoms with van der Waals surface area (Å²) in [6.45, 7) is 3.82. The highest BCUT2D eigenvalue weighted by Gasteiger charge is 2.32. The van der Waals surface area contributed by atoms with Gasteiger partial charge in [0.25, 0.3) is 5.91 Å². The smallest absolute Gasteiger partial charge is 0.326 e. The normalized spacial score (nSPS) is 12.4. The molecule has 0 radical (unpaired) electrons. The fraction of sp³-hybridized carbons (Fsp3) is 0.206. The van der Waals surface area contributed by atoms with Crippen molar-refractivity contribution >= 4 is 28.7 Å². The van der Waals surface area contributed by atoms with Crippen molar-refractivity contribution in [2.75, 3.05) is 7.05 Å². The third-order valence-electron chi connectivity index (χ3n) is 7.55. The van der Waals surface area contributed by atoms with Gasteiger partial charge in [-0.2, -0.15) is 0 Å². The number of carbonyl (C=O) groups is 3. The van der Waals surface area contributed by atoms with Gasteiger partial charge in [0.1, 0.15) is 18.4 Å². The molecule has 9 heteroatoms. The number of aromatic nitrogens is 3. The van der Waals surface area contributed by atoms with Crippen molar-refractivity contribution in [1.82, 2.24) is 25.2 Å². The molecule has 0 aliphatic rings. The number of rotatable bonds is 10. The van der Waals surface area contributed by atoms with Crippen molar-refractivity contribution in [3.63, 3.8) is 0 Å². The second-order valence-corrected chi connectivity index (χ2v) is 10.8. The standard InChI is InChI=1S/C34H33N5O4/c1-21-12-22(2)14-25(13-21)33(41)39(3)31(15-23-8-10-24(11-9-23)27-17-35-20-36-18-27)32(40)38-30(34(42)43)16-26-19-37-29-7-5-4-6-28(26)29/h4-14,17-20,30-31,37H,15-16H2,1-3H3,(H,38,40)(H,42,43)/t30-,31+/m0/s1. The van der Waals surface area contributed by atoms with Gasteiger partial charge in [-0.05, 0) is 48.7 Å². The van der Waals surface area contributed by atoms with Gasteiger partial charge in [0, 0.05) is 60.5 Å². The molecule has 9 nitrogen and oxygen atoms in total. The fourth-order valence-corrected chi connectivity index (χ4v) is 5.34. The molecule has 2 aromatic heterocycles. The van der Waals surface area contributed by atoms with Crippen molar-refractivity contribution < 1.29 is 19.5 Å². The van der Waals surface area contributed by atoms with E-state index in [2.05, 4.69) is 20.3 Å². The Labute approximate surface area is 249 Å². The van der Waals surface area contributed by atoms with Gasteiger partial charge in [0.15, 0.2) is 0 Å². The van der Waals surface area contributed by atoms with Crippen molar-refractivity contribution in [2.24, 2.45) is 0 Å². The predicted molar refractivity (Wildman–Crippen MR) is 165 cm³/mol. The van der Waals surface area contributed by atoms with Crippen molar-refractivity contribution in [2.45, 2.75) is 38.8 Å². The summed E-state index contributed by atoms with van der Waals surface area (Å²) in [4.78, 5) is 52.5. The molecule has 0 saturated heterocycles. The molecule has 0 bridgehead atoms. The summed E-state index contributed by atoms with van der Waals surface area (Å²) in [5.74, 6) is -2.03. The number of nitrogens with zero attached hydrogens (tertiary/aromatic N) is 3. The van der Waals surface area contributed by atoms with E-state index >= 15 is 0 Å². The van der Waals surface area contributed by atoms with E-state index in [1.54, 1.807) is 37.8 Å². The highest BCUT2D eigenvalue weighted by Crippen LogP contribution is 2.22. The summed E-state index contributed by atoms with van der Waals surface area (Å²) in [7, 11) is 1.58. The van der Waals surface area contributed by atoms with E-state index in [4.69, 9.17) is 0 Å². The van der Waals surface area contributed by atoms with Crippen LogP contribution in [0, 0.1) is 13.8 Å². The Morgan fingerprint density at radius 3 is 2.26 bits per heavy atom. The van der Waals surface area contributed by atoms with Crippen LogP contribution in [0.3, 0.4) is 0 Å². The molecule has 2 amide bonds. The number of benzene rings is 3. The summed E-state index contributed by atoms with van der Waals surface area (Å²) in [5.41, 5.74) is 6.57. The molecule has 3 N–H and O–H groups in total. The number of likely N-dealkylation sites (N-methyl/N-ethyl adjacent to an activating group) is 1. The molecule has 2 atom stereocenters. The van der Waals surface area contributed by atoms with Crippen LogP contribution in [0.4, 0.5) is 0 Å². The number of para-hydroxylation sites is 1. The average Bonchev–Trinajstić information content (AvgIpc) is 3.41. The molecule has 0 unspecified atom stereocenters. The second kappa shape index (κ2) is 12.7. The summed E-state index contributed by atoms with van der Waals surface area (Å²) >= 11 is 0. The first-order valence-electron chi connectivity index (χ1n) is 14.0. The van der Waals surface area contributed by atoms with Gasteiger partial charge in [-0.1, -0.05) is 59.7 Å². The van der Waals surface area contributed by atoms with Crippen LogP contribution in [-0.2, 0) is 22.4 Å². The molecule has 0 aliphatic heterocycles. The Morgan fingerprint density at radius 2 is 1.58 bits per heavy atom. The van der Waals surface area contributed by atoms with Crippen LogP contribution in [-0.4, -0.2) is 61.9 Å². The van der Waals surface area contributed by atoms with Crippen molar-refractivity contribution in [1.29, 1.82) is 0 Å². The Kier molecular flexibility index (Phi) is 8.61. The van der Waals surface area contributed by atoms with E-state index in [9.17, 15) is 19.5 Å². The molecule has 3 aromatic carbocycles. The maximum atomic E-state index is 13.9. The number of hydrogen-bond acceptors (Lipinski definition) is 5. The maximum Gasteiger partial charge on any atom is 0.326 e. The topological polar surface area (TPSA) is 128 Å². The number of carboxylic acid groups (broad SMARTS) is 1. The molecule has 0 spiro atoms. The lowest BCUT2D eigenvalue weighted by Crippen LogP contribution is -2.53. The minimum absolute atomic E-state index is 0.0837. The number of aliphatic carboxylic acids is 1. The first-order valence-corrected chi connectivity index (χ1v) is 14.0. The molecular weight excluding hydrogens is 542 g/mol. The number of aromatic amines is 1. The van der Waals surface area contributed by atoms with Gasteiger partial charge in [-0.25, -0.2) is 14.8 Å². The molecule has 5 rings (SSSR count). The summed E-state index contributed by atoms with van der Waals surface area (Å²) < 4.78 is 0. The van der Waals surface area contributed by atoms with Crippen LogP contribution in [0.2, 0.25) is 0 Å². The Morgan fingerprint density at radius 1 is 0.907 bits per heavy atom. The van der Waals surface area contributed by atoms with E-state index < -0.39 is 24.0 Å².